The van der Waals surface area contributed by atoms with Crippen LogP contribution in [0, 0.1) is 0 Å². The Morgan fingerprint density at radius 2 is 1.72 bits per heavy atom. The zero-order chi connectivity index (χ0) is 17.4. The van der Waals surface area contributed by atoms with E-state index >= 15 is 0 Å². The fourth-order valence-corrected chi connectivity index (χ4v) is 3.68. The Bertz CT molecular complexity index is 931. The van der Waals surface area contributed by atoms with Crippen LogP contribution in [-0.4, -0.2) is 15.6 Å². The third-order valence-corrected chi connectivity index (χ3v) is 4.64. The van der Waals surface area contributed by atoms with E-state index in [1.807, 2.05) is 35.0 Å². The van der Waals surface area contributed by atoms with E-state index < -0.39 is 0 Å². The Balaban J connectivity index is 1.82. The molecule has 1 aromatic heterocycles. The lowest BCUT2D eigenvalue weighted by Crippen LogP contribution is -2.13. The fourth-order valence-electron chi connectivity index (χ4n) is 3.15. The normalized spacial score (nSPS) is 13.6. The minimum absolute atomic E-state index is 0.110. The van der Waals surface area contributed by atoms with Crippen molar-refractivity contribution < 1.29 is 4.79 Å². The highest BCUT2D eigenvalue weighted by Crippen LogP contribution is 2.33. The number of anilines is 2. The topological polar surface area (TPSA) is 46.9 Å². The molecule has 0 saturated carbocycles. The molecule has 126 valence electrons. The maximum absolute atomic E-state index is 12.5. The lowest BCUT2D eigenvalue weighted by Gasteiger charge is -2.13. The molecule has 3 aromatic rings. The van der Waals surface area contributed by atoms with E-state index in [0.29, 0.717) is 33.5 Å². The Morgan fingerprint density at radius 3 is 2.44 bits per heavy atom. The molecule has 0 amide bonds. The summed E-state index contributed by atoms with van der Waals surface area (Å²) in [5, 5.41) is 8.93. The summed E-state index contributed by atoms with van der Waals surface area (Å²) in [5.41, 5.74) is 3.24. The van der Waals surface area contributed by atoms with E-state index in [1.54, 1.807) is 18.2 Å². The third-order valence-electron chi connectivity index (χ3n) is 4.20. The Kier molecular flexibility index (Phi) is 4.24. The first kappa shape index (κ1) is 16.2. The molecule has 0 spiro atoms. The Morgan fingerprint density at radius 1 is 1.00 bits per heavy atom. The Labute approximate surface area is 155 Å². The maximum Gasteiger partial charge on any atom is 0.168 e. The van der Waals surface area contributed by atoms with Gasteiger partial charge in [-0.3, -0.25) is 4.79 Å². The number of fused-ring (bicyclic) bond motifs is 1. The second kappa shape index (κ2) is 6.54. The van der Waals surface area contributed by atoms with E-state index in [0.717, 1.165) is 24.2 Å². The number of rotatable bonds is 3. The first-order valence-corrected chi connectivity index (χ1v) is 8.81. The smallest absolute Gasteiger partial charge is 0.168 e. The quantitative estimate of drug-likeness (QED) is 0.666. The molecule has 2 aromatic carbocycles. The second-order valence-corrected chi connectivity index (χ2v) is 6.85. The first-order chi connectivity index (χ1) is 12.1. The fraction of sp³-hybridized carbons (Fsp3) is 0.158. The molecule has 1 aliphatic carbocycles. The molecule has 1 N–H and O–H groups in total. The number of para-hydroxylation sites is 1. The molecule has 0 unspecified atom stereocenters. The second-order valence-electron chi connectivity index (χ2n) is 5.98. The maximum atomic E-state index is 12.5. The van der Waals surface area contributed by atoms with E-state index in [-0.39, 0.29) is 5.78 Å². The molecule has 6 heteroatoms. The van der Waals surface area contributed by atoms with Gasteiger partial charge >= 0.3 is 0 Å². The van der Waals surface area contributed by atoms with Gasteiger partial charge in [0.05, 0.1) is 16.9 Å². The van der Waals surface area contributed by atoms with Crippen molar-refractivity contribution in [3.8, 4) is 5.69 Å². The van der Waals surface area contributed by atoms with Crippen molar-refractivity contribution in [3.05, 3.63) is 69.8 Å². The molecule has 0 radical (unpaired) electrons. The van der Waals surface area contributed by atoms with Crippen molar-refractivity contribution in [2.75, 3.05) is 5.32 Å². The number of aromatic nitrogens is 2. The van der Waals surface area contributed by atoms with Crippen LogP contribution in [0.15, 0.2) is 48.5 Å². The number of halogens is 2. The zero-order valence-electron chi connectivity index (χ0n) is 13.3. The number of carbonyl (C=O) groups is 1. The predicted octanol–water partition coefficient (Wildman–Crippen LogP) is 5.44. The molecule has 0 bridgehead atoms. The van der Waals surface area contributed by atoms with Gasteiger partial charge in [0.15, 0.2) is 11.6 Å². The molecule has 0 saturated heterocycles. The largest absolute Gasteiger partial charge is 0.338 e. The lowest BCUT2D eigenvalue weighted by molar-refractivity contribution is 0.0973. The number of ketones is 1. The predicted molar refractivity (Wildman–Crippen MR) is 101 cm³/mol. The van der Waals surface area contributed by atoms with Crippen LogP contribution in [-0.2, 0) is 6.42 Å². The van der Waals surface area contributed by atoms with E-state index in [2.05, 4.69) is 10.4 Å². The van der Waals surface area contributed by atoms with Gasteiger partial charge in [-0.25, -0.2) is 4.68 Å². The number of nitrogens with one attached hydrogen (secondary N) is 1. The summed E-state index contributed by atoms with van der Waals surface area (Å²) < 4.78 is 1.85. The van der Waals surface area contributed by atoms with Gasteiger partial charge in [0.1, 0.15) is 0 Å². The van der Waals surface area contributed by atoms with Gasteiger partial charge in [-0.05, 0) is 43.2 Å². The summed E-state index contributed by atoms with van der Waals surface area (Å²) in [6.07, 6.45) is 2.20. The van der Waals surface area contributed by atoms with Gasteiger partial charge in [-0.15, -0.1) is 5.10 Å². The first-order valence-electron chi connectivity index (χ1n) is 8.05. The van der Waals surface area contributed by atoms with Gasteiger partial charge < -0.3 is 5.32 Å². The molecule has 1 aliphatic rings. The van der Waals surface area contributed by atoms with Crippen molar-refractivity contribution >= 4 is 40.5 Å². The van der Waals surface area contributed by atoms with Crippen LogP contribution in [0.5, 0.6) is 0 Å². The lowest BCUT2D eigenvalue weighted by atomic mass is 9.95. The van der Waals surface area contributed by atoms with Crippen LogP contribution in [0.2, 0.25) is 10.0 Å². The highest BCUT2D eigenvalue weighted by atomic mass is 35.5. The van der Waals surface area contributed by atoms with Crippen LogP contribution in [0.4, 0.5) is 11.5 Å². The SMILES string of the molecule is O=C1CCCc2c1c(Nc1cc(Cl)cc(Cl)c1)nn2-c1ccccc1. The van der Waals surface area contributed by atoms with Crippen LogP contribution >= 0.6 is 23.2 Å². The summed E-state index contributed by atoms with van der Waals surface area (Å²) in [6.45, 7) is 0. The van der Waals surface area contributed by atoms with Gasteiger partial charge in [-0.1, -0.05) is 41.4 Å². The molecule has 4 rings (SSSR count). The van der Waals surface area contributed by atoms with Crippen LogP contribution in [0.1, 0.15) is 28.9 Å². The Hall–Kier alpha value is -2.30. The molecular formula is C19H15Cl2N3O. The number of hydrogen-bond donors (Lipinski definition) is 1. The van der Waals surface area contributed by atoms with Crippen molar-refractivity contribution in [3.63, 3.8) is 0 Å². The van der Waals surface area contributed by atoms with E-state index in [4.69, 9.17) is 23.2 Å². The average Bonchev–Trinajstić information content (AvgIpc) is 2.94. The summed E-state index contributed by atoms with van der Waals surface area (Å²) in [4.78, 5) is 12.5. The minimum Gasteiger partial charge on any atom is -0.338 e. The van der Waals surface area contributed by atoms with Gasteiger partial charge in [0, 0.05) is 22.2 Å². The summed E-state index contributed by atoms with van der Waals surface area (Å²) >= 11 is 12.1. The third kappa shape index (κ3) is 3.15. The molecular weight excluding hydrogens is 357 g/mol. The van der Waals surface area contributed by atoms with Crippen molar-refractivity contribution in [1.82, 2.24) is 9.78 Å². The number of nitrogens with zero attached hydrogens (tertiary/aromatic N) is 2. The summed E-state index contributed by atoms with van der Waals surface area (Å²) in [7, 11) is 0. The molecule has 0 aliphatic heterocycles. The number of benzene rings is 2. The molecule has 0 atom stereocenters. The number of hydrogen-bond acceptors (Lipinski definition) is 3. The minimum atomic E-state index is 0.110. The summed E-state index contributed by atoms with van der Waals surface area (Å²) in [5.74, 6) is 0.654. The molecule has 25 heavy (non-hydrogen) atoms. The van der Waals surface area contributed by atoms with Crippen molar-refractivity contribution in [2.45, 2.75) is 19.3 Å². The molecule has 0 fully saturated rings. The van der Waals surface area contributed by atoms with Crippen LogP contribution in [0.25, 0.3) is 5.69 Å². The van der Waals surface area contributed by atoms with Crippen molar-refractivity contribution in [2.24, 2.45) is 0 Å². The van der Waals surface area contributed by atoms with Gasteiger partial charge in [-0.2, -0.15) is 0 Å². The van der Waals surface area contributed by atoms with E-state index in [1.165, 1.54) is 0 Å². The number of carbonyl (C=O) groups excluding carboxylic acids is 1. The van der Waals surface area contributed by atoms with E-state index in [9.17, 15) is 4.79 Å². The van der Waals surface area contributed by atoms with Gasteiger partial charge in [0.25, 0.3) is 0 Å². The summed E-state index contributed by atoms with van der Waals surface area (Å²) in [6, 6.07) is 15.0. The monoisotopic (exact) mass is 371 g/mol. The highest BCUT2D eigenvalue weighted by molar-refractivity contribution is 6.35. The van der Waals surface area contributed by atoms with Gasteiger partial charge in [0.2, 0.25) is 0 Å². The van der Waals surface area contributed by atoms with Crippen LogP contribution in [0.3, 0.4) is 0 Å². The average molecular weight is 372 g/mol. The molecule has 4 nitrogen and oxygen atoms in total. The van der Waals surface area contributed by atoms with Crippen molar-refractivity contribution in [1.29, 1.82) is 0 Å². The molecule has 1 heterocycles. The zero-order valence-corrected chi connectivity index (χ0v) is 14.8. The van der Waals surface area contributed by atoms with Crippen LogP contribution < -0.4 is 5.32 Å². The standard InChI is InChI=1S/C19H15Cl2N3O/c20-12-9-13(21)11-14(10-12)22-19-18-16(7-4-8-17(18)25)24(23-19)15-5-2-1-3-6-15/h1-3,5-6,9-11H,4,7-8H2,(H,22,23). The number of Topliss-reactive ketones (excluding diaryl/α,β-unsaturated/α-hetero) is 1. The highest BCUT2D eigenvalue weighted by Gasteiger charge is 2.27.